The average Bonchev–Trinajstić information content (AvgIpc) is 3.19. The summed E-state index contributed by atoms with van der Waals surface area (Å²) in [5.74, 6) is -2.63. The average molecular weight is 382 g/mol. The van der Waals surface area contributed by atoms with Crippen LogP contribution in [0.15, 0.2) is 36.4 Å². The molecule has 25 heavy (non-hydrogen) atoms. The highest BCUT2D eigenvalue weighted by molar-refractivity contribution is 7.18. The zero-order valence-corrected chi connectivity index (χ0v) is 14.5. The number of hydrogen-bond acceptors (Lipinski definition) is 5. The maximum Gasteiger partial charge on any atom is 0.311 e. The van der Waals surface area contributed by atoms with Crippen molar-refractivity contribution in [2.24, 2.45) is 5.92 Å². The minimum absolute atomic E-state index is 0.0254. The van der Waals surface area contributed by atoms with Gasteiger partial charge in [0.05, 0.1) is 20.8 Å². The number of benzene rings is 1. The Morgan fingerprint density at radius 1 is 1.28 bits per heavy atom. The first-order valence-electron chi connectivity index (χ1n) is 7.46. The van der Waals surface area contributed by atoms with Gasteiger partial charge in [0.2, 0.25) is 11.7 Å². The minimum atomic E-state index is -0.730. The maximum absolute atomic E-state index is 13.8. The van der Waals surface area contributed by atoms with Crippen molar-refractivity contribution in [2.75, 3.05) is 18.1 Å². The van der Waals surface area contributed by atoms with Crippen LogP contribution in [-0.4, -0.2) is 30.8 Å². The fourth-order valence-corrected chi connectivity index (χ4v) is 3.53. The Bertz CT molecular complexity index is 838. The Kier molecular flexibility index (Phi) is 5.15. The lowest BCUT2D eigenvalue weighted by molar-refractivity contribution is -0.147. The van der Waals surface area contributed by atoms with Crippen LogP contribution in [0.25, 0.3) is 0 Å². The molecule has 0 saturated carbocycles. The first-order valence-corrected chi connectivity index (χ1v) is 8.65. The van der Waals surface area contributed by atoms with E-state index < -0.39 is 24.3 Å². The van der Waals surface area contributed by atoms with Crippen LogP contribution in [0.1, 0.15) is 16.1 Å². The van der Waals surface area contributed by atoms with Gasteiger partial charge in [0.25, 0.3) is 0 Å². The van der Waals surface area contributed by atoms with E-state index in [9.17, 15) is 18.8 Å². The second-order valence-electron chi connectivity index (χ2n) is 5.49. The van der Waals surface area contributed by atoms with E-state index in [-0.39, 0.29) is 30.3 Å². The summed E-state index contributed by atoms with van der Waals surface area (Å²) in [5.41, 5.74) is 0.132. The third-order valence-corrected chi connectivity index (χ3v) is 5.07. The molecule has 1 aromatic carbocycles. The van der Waals surface area contributed by atoms with Gasteiger partial charge in [-0.2, -0.15) is 0 Å². The molecule has 8 heteroatoms. The number of Topliss-reactive ketones (excluding diaryl/α,β-unsaturated/α-hetero) is 1. The number of esters is 1. The van der Waals surface area contributed by atoms with Crippen molar-refractivity contribution in [1.29, 1.82) is 0 Å². The van der Waals surface area contributed by atoms with E-state index in [2.05, 4.69) is 0 Å². The zero-order chi connectivity index (χ0) is 18.0. The minimum Gasteiger partial charge on any atom is -0.457 e. The number of thiophene rings is 1. The molecule has 5 nitrogen and oxygen atoms in total. The maximum atomic E-state index is 13.8. The Morgan fingerprint density at radius 2 is 2.04 bits per heavy atom. The molecular weight excluding hydrogens is 369 g/mol. The van der Waals surface area contributed by atoms with Gasteiger partial charge in [-0.3, -0.25) is 14.4 Å². The molecule has 1 aliphatic heterocycles. The second-order valence-corrected chi connectivity index (χ2v) is 7.21. The molecule has 0 N–H and O–H groups in total. The molecule has 0 bridgehead atoms. The third kappa shape index (κ3) is 3.88. The van der Waals surface area contributed by atoms with Crippen molar-refractivity contribution in [3.8, 4) is 0 Å². The van der Waals surface area contributed by atoms with Gasteiger partial charge in [-0.05, 0) is 24.3 Å². The smallest absolute Gasteiger partial charge is 0.311 e. The highest BCUT2D eigenvalue weighted by Gasteiger charge is 2.37. The number of para-hydroxylation sites is 1. The molecule has 1 amide bonds. The topological polar surface area (TPSA) is 63.7 Å². The Labute approximate surface area is 152 Å². The van der Waals surface area contributed by atoms with Gasteiger partial charge in [-0.25, -0.2) is 4.39 Å². The molecule has 3 rings (SSSR count). The number of amides is 1. The molecule has 2 aromatic rings. The van der Waals surface area contributed by atoms with Gasteiger partial charge >= 0.3 is 5.97 Å². The number of rotatable bonds is 5. The van der Waals surface area contributed by atoms with Crippen LogP contribution in [0.5, 0.6) is 0 Å². The van der Waals surface area contributed by atoms with Crippen molar-refractivity contribution in [2.45, 2.75) is 6.42 Å². The Balaban J connectivity index is 1.59. The van der Waals surface area contributed by atoms with Gasteiger partial charge in [0, 0.05) is 13.0 Å². The number of anilines is 1. The number of hydrogen-bond donors (Lipinski definition) is 0. The van der Waals surface area contributed by atoms with Gasteiger partial charge in [-0.15, -0.1) is 11.3 Å². The molecule has 0 radical (unpaired) electrons. The molecule has 1 atom stereocenters. The lowest BCUT2D eigenvalue weighted by atomic mass is 10.1. The SMILES string of the molecule is O=C(COC(=O)[C@@H]1CC(=O)N(c2ccccc2F)C1)c1ccc(Cl)s1. The van der Waals surface area contributed by atoms with E-state index in [1.165, 1.54) is 23.1 Å². The first kappa shape index (κ1) is 17.6. The molecule has 2 heterocycles. The molecule has 1 saturated heterocycles. The number of ether oxygens (including phenoxy) is 1. The number of carbonyl (C=O) groups is 3. The lowest BCUT2D eigenvalue weighted by Crippen LogP contribution is -2.27. The molecule has 1 aliphatic rings. The van der Waals surface area contributed by atoms with Gasteiger partial charge in [-0.1, -0.05) is 23.7 Å². The lowest BCUT2D eigenvalue weighted by Gasteiger charge is -2.17. The monoisotopic (exact) mass is 381 g/mol. The Morgan fingerprint density at radius 3 is 2.72 bits per heavy atom. The third-order valence-electron chi connectivity index (χ3n) is 3.80. The number of carbonyl (C=O) groups excluding carboxylic acids is 3. The van der Waals surface area contributed by atoms with Crippen molar-refractivity contribution in [3.63, 3.8) is 0 Å². The van der Waals surface area contributed by atoms with Crippen LogP contribution in [0.2, 0.25) is 4.34 Å². The molecule has 1 fully saturated rings. The van der Waals surface area contributed by atoms with E-state index in [1.54, 1.807) is 18.2 Å². The molecule has 130 valence electrons. The quantitative estimate of drug-likeness (QED) is 0.588. The number of halogens is 2. The highest BCUT2D eigenvalue weighted by atomic mass is 35.5. The van der Waals surface area contributed by atoms with Crippen LogP contribution in [0, 0.1) is 11.7 Å². The molecule has 0 spiro atoms. The predicted octanol–water partition coefficient (Wildman–Crippen LogP) is 3.32. The Hall–Kier alpha value is -2.25. The first-order chi connectivity index (χ1) is 12.0. The summed E-state index contributed by atoms with van der Waals surface area (Å²) < 4.78 is 19.3. The number of nitrogens with zero attached hydrogens (tertiary/aromatic N) is 1. The summed E-state index contributed by atoms with van der Waals surface area (Å²) in [6.45, 7) is -0.391. The summed E-state index contributed by atoms with van der Waals surface area (Å²) in [6.07, 6.45) is -0.0772. The standard InChI is InChI=1S/C17H13ClFNO4S/c18-15-6-5-14(25-15)13(21)9-24-17(23)10-7-16(22)20(8-10)12-4-2-1-3-11(12)19/h1-6,10H,7-9H2/t10-/m1/s1. The summed E-state index contributed by atoms with van der Waals surface area (Å²) in [5, 5.41) is 0. The predicted molar refractivity (Wildman–Crippen MR) is 91.5 cm³/mol. The van der Waals surface area contributed by atoms with Crippen molar-refractivity contribution < 1.29 is 23.5 Å². The van der Waals surface area contributed by atoms with Gasteiger partial charge in [0.1, 0.15) is 5.82 Å². The fraction of sp³-hybridized carbons (Fsp3) is 0.235. The van der Waals surface area contributed by atoms with Gasteiger partial charge in [0.15, 0.2) is 6.61 Å². The summed E-state index contributed by atoms with van der Waals surface area (Å²) in [7, 11) is 0. The van der Waals surface area contributed by atoms with E-state index in [1.807, 2.05) is 0 Å². The zero-order valence-electron chi connectivity index (χ0n) is 12.9. The van der Waals surface area contributed by atoms with Crippen LogP contribution in [0.3, 0.4) is 0 Å². The summed E-state index contributed by atoms with van der Waals surface area (Å²) in [4.78, 5) is 37.7. The molecule has 0 unspecified atom stereocenters. The van der Waals surface area contributed by atoms with Crippen molar-refractivity contribution in [1.82, 2.24) is 0 Å². The summed E-state index contributed by atoms with van der Waals surface area (Å²) in [6, 6.07) is 9.01. The highest BCUT2D eigenvalue weighted by Crippen LogP contribution is 2.28. The van der Waals surface area contributed by atoms with E-state index >= 15 is 0 Å². The largest absolute Gasteiger partial charge is 0.457 e. The summed E-state index contributed by atoms with van der Waals surface area (Å²) >= 11 is 6.86. The fourth-order valence-electron chi connectivity index (χ4n) is 2.56. The van der Waals surface area contributed by atoms with Crippen LogP contribution in [-0.2, 0) is 14.3 Å². The van der Waals surface area contributed by atoms with E-state index in [0.717, 1.165) is 11.3 Å². The molecular formula is C17H13ClFNO4S. The normalized spacial score (nSPS) is 17.0. The second kappa shape index (κ2) is 7.33. The molecule has 1 aromatic heterocycles. The van der Waals surface area contributed by atoms with Crippen LogP contribution in [0.4, 0.5) is 10.1 Å². The van der Waals surface area contributed by atoms with Crippen molar-refractivity contribution in [3.05, 3.63) is 51.4 Å². The number of ketones is 1. The van der Waals surface area contributed by atoms with E-state index in [0.29, 0.717) is 9.21 Å². The van der Waals surface area contributed by atoms with Gasteiger partial charge < -0.3 is 9.64 Å². The van der Waals surface area contributed by atoms with Crippen LogP contribution >= 0.6 is 22.9 Å². The van der Waals surface area contributed by atoms with Crippen LogP contribution < -0.4 is 4.90 Å². The van der Waals surface area contributed by atoms with E-state index in [4.69, 9.17) is 16.3 Å². The molecule has 0 aliphatic carbocycles. The van der Waals surface area contributed by atoms with Crippen molar-refractivity contribution >= 4 is 46.3 Å².